The lowest BCUT2D eigenvalue weighted by Crippen LogP contribution is -2.57. The summed E-state index contributed by atoms with van der Waals surface area (Å²) in [5.41, 5.74) is 1.67. The molecule has 0 aliphatic heterocycles. The Bertz CT molecular complexity index is 1020. The number of benzene rings is 2. The first-order valence-electron chi connectivity index (χ1n) is 11.3. The highest BCUT2D eigenvalue weighted by atomic mass is 19.1. The van der Waals surface area contributed by atoms with Gasteiger partial charge in [-0.25, -0.2) is 9.87 Å². The summed E-state index contributed by atoms with van der Waals surface area (Å²) < 4.78 is 19.1. The number of halogens is 1. The Labute approximate surface area is 199 Å². The van der Waals surface area contributed by atoms with Crippen LogP contribution in [0.3, 0.4) is 0 Å². The molecule has 0 fully saturated rings. The van der Waals surface area contributed by atoms with Gasteiger partial charge in [-0.05, 0) is 54.2 Å². The van der Waals surface area contributed by atoms with E-state index in [1.165, 1.54) is 12.1 Å². The lowest BCUT2D eigenvalue weighted by molar-refractivity contribution is -0.151. The highest BCUT2D eigenvalue weighted by molar-refractivity contribution is 5.93. The van der Waals surface area contributed by atoms with Gasteiger partial charge < -0.3 is 15.4 Å². The molecule has 0 bridgehead atoms. The van der Waals surface area contributed by atoms with E-state index in [2.05, 4.69) is 10.6 Å². The predicted octanol–water partition coefficient (Wildman–Crippen LogP) is 2.72. The molecule has 3 amide bonds. The van der Waals surface area contributed by atoms with Crippen molar-refractivity contribution in [2.45, 2.75) is 53.2 Å². The van der Waals surface area contributed by atoms with Gasteiger partial charge in [0, 0.05) is 13.2 Å². The van der Waals surface area contributed by atoms with Gasteiger partial charge in [0.05, 0.1) is 5.92 Å². The molecule has 9 heteroatoms. The lowest BCUT2D eigenvalue weighted by Gasteiger charge is -2.33. The summed E-state index contributed by atoms with van der Waals surface area (Å²) >= 11 is 0. The van der Waals surface area contributed by atoms with Gasteiger partial charge in [-0.15, -0.1) is 0 Å². The second kappa shape index (κ2) is 11.9. The summed E-state index contributed by atoms with van der Waals surface area (Å²) in [7, 11) is 0. The van der Waals surface area contributed by atoms with E-state index < -0.39 is 35.3 Å². The first-order valence-corrected chi connectivity index (χ1v) is 11.3. The van der Waals surface area contributed by atoms with Crippen molar-refractivity contribution in [3.05, 3.63) is 47.8 Å². The number of carbonyl (C=O) groups excluding carboxylic acids is 3. The van der Waals surface area contributed by atoms with Crippen molar-refractivity contribution in [1.29, 1.82) is 0 Å². The van der Waals surface area contributed by atoms with Crippen LogP contribution in [-0.2, 0) is 25.5 Å². The highest BCUT2D eigenvalue weighted by Gasteiger charge is 2.39. The van der Waals surface area contributed by atoms with Crippen molar-refractivity contribution in [3.8, 4) is 0 Å². The molecule has 8 nitrogen and oxygen atoms in total. The Hall–Kier alpha value is -3.04. The van der Waals surface area contributed by atoms with Gasteiger partial charge in [0.25, 0.3) is 5.91 Å². The summed E-state index contributed by atoms with van der Waals surface area (Å²) in [4.78, 5) is 38.6. The molecule has 3 atom stereocenters. The van der Waals surface area contributed by atoms with Gasteiger partial charge in [0.1, 0.15) is 18.0 Å². The molecule has 2 aromatic rings. The van der Waals surface area contributed by atoms with E-state index in [9.17, 15) is 24.0 Å². The third kappa shape index (κ3) is 6.98. The zero-order chi connectivity index (χ0) is 25.5. The van der Waals surface area contributed by atoms with E-state index in [1.54, 1.807) is 43.6 Å². The number of fused-ring (bicyclic) bond motifs is 1. The number of nitrogens with one attached hydrogen (secondary N) is 3. The van der Waals surface area contributed by atoms with Crippen LogP contribution in [0.25, 0.3) is 10.8 Å². The van der Waals surface area contributed by atoms with Crippen LogP contribution < -0.4 is 16.1 Å². The number of likely N-dealkylation sites (N-methyl/N-ethyl adjacent to an activating group) is 1. The zero-order valence-electron chi connectivity index (χ0n) is 20.3. The second-order valence-corrected chi connectivity index (χ2v) is 9.19. The maximum absolute atomic E-state index is 13.5. The lowest BCUT2D eigenvalue weighted by atomic mass is 9.84. The quantitative estimate of drug-likeness (QED) is 0.311. The highest BCUT2D eigenvalue weighted by Crippen LogP contribution is 2.24. The molecule has 0 heterocycles. The smallest absolute Gasteiger partial charge is 0.273 e. The normalized spacial score (nSPS) is 14.2. The molecule has 0 radical (unpaired) electrons. The van der Waals surface area contributed by atoms with Crippen LogP contribution in [0.2, 0.25) is 0 Å². The number of ether oxygens (including phenoxy) is 1. The van der Waals surface area contributed by atoms with E-state index in [4.69, 9.17) is 4.74 Å². The fourth-order valence-electron chi connectivity index (χ4n) is 3.80. The molecular formula is C25H34FN3O5. The van der Waals surface area contributed by atoms with E-state index >= 15 is 0 Å². The Balaban J connectivity index is 2.43. The van der Waals surface area contributed by atoms with Crippen molar-refractivity contribution >= 4 is 28.5 Å². The standard InChI is InChI=1S/C25H34FN3O5/c1-6-27-24(32)21(25(3,4)5)28-22(30)19(20(34-7-2)23(31)29-33)13-15-8-9-17-14-18(26)11-10-16(17)12-15/h8-12,14,19-21,33H,6-7,13H2,1-5H3,(H,27,32)(H,28,30)(H,29,31)/t19?,20-,21+/m0/s1. The van der Waals surface area contributed by atoms with Crippen molar-refractivity contribution in [1.82, 2.24) is 16.1 Å². The molecule has 2 aromatic carbocycles. The van der Waals surface area contributed by atoms with Crippen LogP contribution in [0.1, 0.15) is 40.2 Å². The number of rotatable bonds is 10. The minimum Gasteiger partial charge on any atom is -0.368 e. The second-order valence-electron chi connectivity index (χ2n) is 9.19. The number of hydroxylamine groups is 1. The van der Waals surface area contributed by atoms with Gasteiger partial charge in [-0.2, -0.15) is 0 Å². The molecular weight excluding hydrogens is 441 g/mol. The van der Waals surface area contributed by atoms with E-state index in [1.807, 2.05) is 20.8 Å². The average Bonchev–Trinajstić information content (AvgIpc) is 2.78. The first kappa shape index (κ1) is 27.2. The summed E-state index contributed by atoms with van der Waals surface area (Å²) in [5.74, 6) is -3.17. The molecule has 1 unspecified atom stereocenters. The number of amides is 3. The summed E-state index contributed by atoms with van der Waals surface area (Å²) in [5, 5.41) is 16.2. The fraction of sp³-hybridized carbons (Fsp3) is 0.480. The van der Waals surface area contributed by atoms with Crippen molar-refractivity contribution in [3.63, 3.8) is 0 Å². The van der Waals surface area contributed by atoms with Crippen LogP contribution in [-0.4, -0.2) is 48.2 Å². The largest absolute Gasteiger partial charge is 0.368 e. The van der Waals surface area contributed by atoms with E-state index in [0.29, 0.717) is 17.5 Å². The molecule has 0 aliphatic rings. The molecule has 34 heavy (non-hydrogen) atoms. The minimum absolute atomic E-state index is 0.0868. The SMILES string of the molecule is CCNC(=O)[C@@H](NC(=O)C(Cc1ccc2cc(F)ccc2c1)[C@H](OCC)C(=O)NO)C(C)(C)C. The zero-order valence-corrected chi connectivity index (χ0v) is 20.3. The van der Waals surface area contributed by atoms with Gasteiger partial charge in [0.2, 0.25) is 11.8 Å². The minimum atomic E-state index is -1.30. The van der Waals surface area contributed by atoms with Crippen molar-refractivity contribution in [2.75, 3.05) is 13.2 Å². The van der Waals surface area contributed by atoms with Crippen LogP contribution in [0.15, 0.2) is 36.4 Å². The Morgan fingerprint density at radius 2 is 1.65 bits per heavy atom. The summed E-state index contributed by atoms with van der Waals surface area (Å²) in [6.45, 7) is 9.45. The molecule has 0 saturated carbocycles. The maximum Gasteiger partial charge on any atom is 0.273 e. The van der Waals surface area contributed by atoms with Crippen LogP contribution in [0, 0.1) is 17.2 Å². The van der Waals surface area contributed by atoms with Crippen LogP contribution >= 0.6 is 0 Å². The van der Waals surface area contributed by atoms with Gasteiger partial charge >= 0.3 is 0 Å². The van der Waals surface area contributed by atoms with E-state index in [0.717, 1.165) is 5.39 Å². The van der Waals surface area contributed by atoms with Gasteiger partial charge in [0.15, 0.2) is 0 Å². The Morgan fingerprint density at radius 3 is 2.24 bits per heavy atom. The Morgan fingerprint density at radius 1 is 1.00 bits per heavy atom. The third-order valence-electron chi connectivity index (χ3n) is 5.51. The molecule has 0 aromatic heterocycles. The molecule has 2 rings (SSSR count). The number of hydrogen-bond acceptors (Lipinski definition) is 5. The average molecular weight is 476 g/mol. The summed E-state index contributed by atoms with van der Waals surface area (Å²) in [6.07, 6.45) is -1.21. The monoisotopic (exact) mass is 475 g/mol. The fourth-order valence-corrected chi connectivity index (χ4v) is 3.80. The number of hydrogen-bond donors (Lipinski definition) is 4. The van der Waals surface area contributed by atoms with Crippen LogP contribution in [0.5, 0.6) is 0 Å². The van der Waals surface area contributed by atoms with Gasteiger partial charge in [-0.1, -0.05) is 45.0 Å². The predicted molar refractivity (Wildman–Crippen MR) is 127 cm³/mol. The van der Waals surface area contributed by atoms with Gasteiger partial charge in [-0.3, -0.25) is 19.6 Å². The first-order chi connectivity index (χ1) is 16.0. The van der Waals surface area contributed by atoms with Crippen LogP contribution in [0.4, 0.5) is 4.39 Å². The molecule has 0 saturated heterocycles. The van der Waals surface area contributed by atoms with Crippen molar-refractivity contribution < 1.29 is 28.7 Å². The Kier molecular flexibility index (Phi) is 9.52. The third-order valence-corrected chi connectivity index (χ3v) is 5.51. The molecule has 4 N–H and O–H groups in total. The maximum atomic E-state index is 13.5. The molecule has 186 valence electrons. The van der Waals surface area contributed by atoms with E-state index in [-0.39, 0.29) is 24.8 Å². The summed E-state index contributed by atoms with van der Waals surface area (Å²) in [6, 6.07) is 8.81. The van der Waals surface area contributed by atoms with Crippen molar-refractivity contribution in [2.24, 2.45) is 11.3 Å². The topological polar surface area (TPSA) is 117 Å². The molecule has 0 aliphatic carbocycles. The molecule has 0 spiro atoms. The number of carbonyl (C=O) groups is 3.